The summed E-state index contributed by atoms with van der Waals surface area (Å²) in [6, 6.07) is 0. The maximum Gasteiger partial charge on any atom is 0.436 e. The number of nitrogens with zero attached hydrogens (tertiary/aromatic N) is 4. The Bertz CT molecular complexity index is 896. The largest absolute Gasteiger partial charge is 0.436 e. The number of carbonyl (C=O) groups is 1. The fraction of sp³-hybridized carbons (Fsp3) is 0.438. The second-order valence-electron chi connectivity index (χ2n) is 5.56. The number of halogens is 6. The molecule has 0 unspecified atom stereocenters. The second-order valence-corrected chi connectivity index (χ2v) is 5.56. The molecule has 0 radical (unpaired) electrons. The van der Waals surface area contributed by atoms with Gasteiger partial charge in [-0.3, -0.25) is 14.2 Å². The van der Waals surface area contributed by atoms with E-state index in [2.05, 4.69) is 10.2 Å². The van der Waals surface area contributed by atoms with Crippen molar-refractivity contribution < 1.29 is 31.1 Å². The number of terminal acetylenes is 1. The summed E-state index contributed by atoms with van der Waals surface area (Å²) in [6.07, 6.45) is -4.10. The zero-order valence-corrected chi connectivity index (χ0v) is 15.0. The summed E-state index contributed by atoms with van der Waals surface area (Å²) >= 11 is 0. The smallest absolute Gasteiger partial charge is 0.294 e. The maximum atomic E-state index is 12.4. The molecule has 0 saturated heterocycles. The van der Waals surface area contributed by atoms with E-state index in [-0.39, 0.29) is 16.8 Å². The van der Waals surface area contributed by atoms with E-state index >= 15 is 0 Å². The molecule has 5 nitrogen and oxygen atoms in total. The lowest BCUT2D eigenvalue weighted by molar-refractivity contribution is -0.142. The van der Waals surface area contributed by atoms with Gasteiger partial charge in [-0.05, 0) is 20.8 Å². The summed E-state index contributed by atoms with van der Waals surface area (Å²) in [7, 11) is 2.79. The molecular formula is C16H16F6N4O. The minimum atomic E-state index is -4.58. The van der Waals surface area contributed by atoms with Crippen molar-refractivity contribution in [2.24, 2.45) is 14.1 Å². The average molecular weight is 394 g/mol. The number of Topliss-reactive ketones (excluding diaryl/α,β-unsaturated/α-hetero) is 1. The number of carbonyl (C=O) groups excluding carboxylic acids is 1. The number of aromatic nitrogens is 4. The van der Waals surface area contributed by atoms with Gasteiger partial charge in [0.15, 0.2) is 17.2 Å². The van der Waals surface area contributed by atoms with Crippen LogP contribution >= 0.6 is 0 Å². The maximum absolute atomic E-state index is 12.4. The molecule has 11 heteroatoms. The average Bonchev–Trinajstić information content (AvgIpc) is 2.97. The van der Waals surface area contributed by atoms with E-state index < -0.39 is 29.5 Å². The molecule has 2 rings (SSSR count). The van der Waals surface area contributed by atoms with Crippen molar-refractivity contribution >= 4 is 5.78 Å². The van der Waals surface area contributed by atoms with E-state index in [1.807, 2.05) is 5.92 Å². The van der Waals surface area contributed by atoms with E-state index in [0.717, 1.165) is 16.3 Å². The molecule has 0 aliphatic heterocycles. The monoisotopic (exact) mass is 394 g/mol. The van der Waals surface area contributed by atoms with Gasteiger partial charge in [-0.2, -0.15) is 36.5 Å². The third kappa shape index (κ3) is 4.69. The summed E-state index contributed by atoms with van der Waals surface area (Å²) < 4.78 is 76.1. The molecule has 0 aliphatic rings. The molecule has 2 heterocycles. The Morgan fingerprint density at radius 1 is 0.926 bits per heavy atom. The van der Waals surface area contributed by atoms with Gasteiger partial charge in [0.05, 0.1) is 16.8 Å². The molecule has 0 aromatic carbocycles. The van der Waals surface area contributed by atoms with Gasteiger partial charge < -0.3 is 0 Å². The van der Waals surface area contributed by atoms with Crippen LogP contribution in [0.1, 0.15) is 45.6 Å². The van der Waals surface area contributed by atoms with Crippen molar-refractivity contribution in [2.45, 2.75) is 33.1 Å². The second kappa shape index (κ2) is 7.46. The number of aryl methyl sites for hydroxylation is 2. The van der Waals surface area contributed by atoms with Gasteiger partial charge >= 0.3 is 12.4 Å². The van der Waals surface area contributed by atoms with Gasteiger partial charge in [-0.25, -0.2) is 0 Å². The van der Waals surface area contributed by atoms with Crippen LogP contribution in [-0.4, -0.2) is 25.3 Å². The van der Waals surface area contributed by atoms with Crippen LogP contribution in [0, 0.1) is 26.2 Å². The molecule has 2 aromatic heterocycles. The van der Waals surface area contributed by atoms with E-state index in [1.165, 1.54) is 27.9 Å². The summed E-state index contributed by atoms with van der Waals surface area (Å²) in [5.41, 5.74) is -2.06. The summed E-state index contributed by atoms with van der Waals surface area (Å²) in [4.78, 5) is 11.0. The Morgan fingerprint density at radius 3 is 1.63 bits per heavy atom. The van der Waals surface area contributed by atoms with Crippen molar-refractivity contribution in [3.8, 4) is 12.3 Å². The van der Waals surface area contributed by atoms with Gasteiger partial charge in [0.1, 0.15) is 0 Å². The van der Waals surface area contributed by atoms with Gasteiger partial charge in [0.2, 0.25) is 0 Å². The zero-order chi connectivity index (χ0) is 21.3. The minimum absolute atomic E-state index is 0.185. The Morgan fingerprint density at radius 2 is 1.33 bits per heavy atom. The molecule has 27 heavy (non-hydrogen) atoms. The van der Waals surface area contributed by atoms with E-state index in [1.54, 1.807) is 0 Å². The first-order valence-electron chi connectivity index (χ1n) is 7.32. The fourth-order valence-corrected chi connectivity index (χ4v) is 2.21. The van der Waals surface area contributed by atoms with Crippen molar-refractivity contribution in [2.75, 3.05) is 0 Å². The first kappa shape index (κ1) is 22.3. The quantitative estimate of drug-likeness (QED) is 0.421. The first-order valence-corrected chi connectivity index (χ1v) is 7.32. The lowest BCUT2D eigenvalue weighted by Crippen LogP contribution is -2.11. The lowest BCUT2D eigenvalue weighted by atomic mass is 10.1. The zero-order valence-electron chi connectivity index (χ0n) is 15.0. The molecule has 0 N–H and O–H groups in total. The van der Waals surface area contributed by atoms with E-state index in [4.69, 9.17) is 6.42 Å². The number of ketones is 1. The number of rotatable bonds is 1. The van der Waals surface area contributed by atoms with Crippen molar-refractivity contribution in [3.63, 3.8) is 0 Å². The van der Waals surface area contributed by atoms with Gasteiger partial charge in [0.25, 0.3) is 0 Å². The number of hydrogen-bond acceptors (Lipinski definition) is 3. The Hall–Kier alpha value is -2.77. The highest BCUT2D eigenvalue weighted by Gasteiger charge is 2.39. The standard InChI is InChI=1S/C8H9F3N2O.C8H7F3N2/c1-4-6(5(2)14)7(8(9,10)11)12-13(4)3;1-4-6-5(2)13(3)12-7(6)8(9,10)11/h1-3H3;1H,2-3H3. The van der Waals surface area contributed by atoms with E-state index in [0.29, 0.717) is 5.69 Å². The third-order valence-electron chi connectivity index (χ3n) is 3.70. The Balaban J connectivity index is 0.000000271. The molecule has 0 amide bonds. The van der Waals surface area contributed by atoms with Crippen molar-refractivity contribution in [1.82, 2.24) is 19.6 Å². The Labute approximate surface area is 151 Å². The highest BCUT2D eigenvalue weighted by Crippen LogP contribution is 2.32. The number of hydrogen-bond donors (Lipinski definition) is 0. The highest BCUT2D eigenvalue weighted by molar-refractivity contribution is 5.96. The van der Waals surface area contributed by atoms with Crippen LogP contribution in [0.25, 0.3) is 0 Å². The van der Waals surface area contributed by atoms with Crippen LogP contribution in [0.4, 0.5) is 26.3 Å². The van der Waals surface area contributed by atoms with Gasteiger partial charge in [-0.15, -0.1) is 6.42 Å². The van der Waals surface area contributed by atoms with Crippen molar-refractivity contribution in [1.29, 1.82) is 0 Å². The van der Waals surface area contributed by atoms with Crippen LogP contribution in [0.15, 0.2) is 0 Å². The molecule has 148 valence electrons. The van der Waals surface area contributed by atoms with Crippen LogP contribution < -0.4 is 0 Å². The Kier molecular flexibility index (Phi) is 6.15. The molecule has 0 spiro atoms. The molecule has 0 bridgehead atoms. The number of alkyl halides is 6. The third-order valence-corrected chi connectivity index (χ3v) is 3.70. The SMILES string of the molecule is C#Cc1c(C(F)(F)F)nn(C)c1C.CC(=O)c1c(C(F)(F)F)nn(C)c1C. The molecular weight excluding hydrogens is 378 g/mol. The molecule has 2 aromatic rings. The summed E-state index contributed by atoms with van der Waals surface area (Å²) in [5, 5.41) is 6.57. The summed E-state index contributed by atoms with van der Waals surface area (Å²) in [6.45, 7) is 4.02. The van der Waals surface area contributed by atoms with Crippen molar-refractivity contribution in [3.05, 3.63) is 33.9 Å². The molecule has 0 aliphatic carbocycles. The van der Waals surface area contributed by atoms with Crippen LogP contribution in [0.5, 0.6) is 0 Å². The van der Waals surface area contributed by atoms with Gasteiger partial charge in [-0.1, -0.05) is 5.92 Å². The van der Waals surface area contributed by atoms with Crippen LogP contribution in [0.2, 0.25) is 0 Å². The highest BCUT2D eigenvalue weighted by atomic mass is 19.4. The van der Waals surface area contributed by atoms with Gasteiger partial charge in [0, 0.05) is 19.8 Å². The molecule has 0 fully saturated rings. The first-order chi connectivity index (χ1) is 12.1. The van der Waals surface area contributed by atoms with Crippen LogP contribution in [-0.2, 0) is 26.4 Å². The lowest BCUT2D eigenvalue weighted by Gasteiger charge is -2.03. The molecule has 0 saturated carbocycles. The summed E-state index contributed by atoms with van der Waals surface area (Å²) in [5.74, 6) is 1.37. The predicted octanol–water partition coefficient (Wildman–Crippen LogP) is 3.68. The van der Waals surface area contributed by atoms with Crippen LogP contribution in [0.3, 0.4) is 0 Å². The predicted molar refractivity (Wildman–Crippen MR) is 83.8 cm³/mol. The fourth-order valence-electron chi connectivity index (χ4n) is 2.21. The topological polar surface area (TPSA) is 52.7 Å². The molecule has 0 atom stereocenters. The minimum Gasteiger partial charge on any atom is -0.294 e. The normalized spacial score (nSPS) is 11.6. The van der Waals surface area contributed by atoms with E-state index in [9.17, 15) is 31.1 Å².